The molecule has 0 saturated heterocycles. The van der Waals surface area contributed by atoms with E-state index in [4.69, 9.17) is 22.3 Å². The molecule has 1 aromatic rings. The van der Waals surface area contributed by atoms with Crippen molar-refractivity contribution in [1.82, 2.24) is 9.78 Å². The summed E-state index contributed by atoms with van der Waals surface area (Å²) in [6.45, 7) is 4.34. The number of nitrogens with zero attached hydrogens (tertiary/aromatic N) is 2. The molecular weight excluding hydrogens is 259 g/mol. The van der Waals surface area contributed by atoms with Gasteiger partial charge in [0.25, 0.3) is 9.05 Å². The van der Waals surface area contributed by atoms with Crippen LogP contribution in [-0.2, 0) is 22.0 Å². The third-order valence-electron chi connectivity index (χ3n) is 1.93. The van der Waals surface area contributed by atoms with E-state index < -0.39 is 9.05 Å². The number of hydrogen-bond acceptors (Lipinski definition) is 3. The minimum atomic E-state index is -3.82. The lowest BCUT2D eigenvalue weighted by atomic mass is 10.3. The van der Waals surface area contributed by atoms with Crippen LogP contribution in [0, 0.1) is 0 Å². The van der Waals surface area contributed by atoms with Crippen molar-refractivity contribution in [2.45, 2.75) is 38.1 Å². The van der Waals surface area contributed by atoms with E-state index in [0.29, 0.717) is 18.7 Å². The molecule has 86 valence electrons. The molecule has 0 aliphatic heterocycles. The SMILES string of the molecule is CCCn1nc(CC)c(S(=O)(=O)Cl)c1Cl. The van der Waals surface area contributed by atoms with E-state index in [1.807, 2.05) is 6.92 Å². The molecule has 0 radical (unpaired) electrons. The molecule has 0 aromatic carbocycles. The second-order valence-corrected chi connectivity index (χ2v) is 5.94. The molecule has 0 aliphatic rings. The van der Waals surface area contributed by atoms with Crippen LogP contribution in [-0.4, -0.2) is 18.2 Å². The van der Waals surface area contributed by atoms with Crippen LogP contribution in [0.1, 0.15) is 26.0 Å². The number of rotatable bonds is 4. The predicted octanol–water partition coefficient (Wildman–Crippen LogP) is 2.44. The summed E-state index contributed by atoms with van der Waals surface area (Å²) in [6.07, 6.45) is 1.31. The lowest BCUT2D eigenvalue weighted by molar-refractivity contribution is 0.595. The van der Waals surface area contributed by atoms with Gasteiger partial charge in [0, 0.05) is 17.2 Å². The van der Waals surface area contributed by atoms with Crippen LogP contribution in [0.25, 0.3) is 0 Å². The highest BCUT2D eigenvalue weighted by Gasteiger charge is 2.24. The Balaban J connectivity index is 3.37. The fraction of sp³-hybridized carbons (Fsp3) is 0.625. The van der Waals surface area contributed by atoms with E-state index in [-0.39, 0.29) is 10.0 Å². The average Bonchev–Trinajstić information content (AvgIpc) is 2.43. The summed E-state index contributed by atoms with van der Waals surface area (Å²) >= 11 is 5.91. The van der Waals surface area contributed by atoms with Gasteiger partial charge in [-0.3, -0.25) is 4.68 Å². The maximum absolute atomic E-state index is 11.3. The van der Waals surface area contributed by atoms with Gasteiger partial charge in [-0.25, -0.2) is 8.42 Å². The fourth-order valence-corrected chi connectivity index (χ4v) is 3.22. The first-order valence-corrected chi connectivity index (χ1v) is 7.30. The first kappa shape index (κ1) is 12.8. The van der Waals surface area contributed by atoms with Crippen LogP contribution in [0.2, 0.25) is 5.15 Å². The van der Waals surface area contributed by atoms with Gasteiger partial charge in [-0.15, -0.1) is 0 Å². The Bertz CT molecular complexity index is 453. The molecule has 4 nitrogen and oxygen atoms in total. The quantitative estimate of drug-likeness (QED) is 0.790. The average molecular weight is 271 g/mol. The predicted molar refractivity (Wildman–Crippen MR) is 59.9 cm³/mol. The van der Waals surface area contributed by atoms with Gasteiger partial charge in [-0.05, 0) is 12.8 Å². The van der Waals surface area contributed by atoms with Crippen LogP contribution in [0.4, 0.5) is 0 Å². The molecule has 0 amide bonds. The summed E-state index contributed by atoms with van der Waals surface area (Å²) in [6, 6.07) is 0. The zero-order chi connectivity index (χ0) is 11.6. The standard InChI is InChI=1S/C8H12Cl2N2O2S/c1-3-5-12-8(9)7(15(10,13)14)6(4-2)11-12/h3-5H2,1-2H3. The zero-order valence-corrected chi connectivity index (χ0v) is 10.8. The summed E-state index contributed by atoms with van der Waals surface area (Å²) in [4.78, 5) is -0.0539. The van der Waals surface area contributed by atoms with E-state index in [2.05, 4.69) is 5.10 Å². The van der Waals surface area contributed by atoms with E-state index in [9.17, 15) is 8.42 Å². The molecule has 0 fully saturated rings. The molecule has 0 N–H and O–H groups in total. The summed E-state index contributed by atoms with van der Waals surface area (Å²) in [5.74, 6) is 0. The Hall–Kier alpha value is -0.260. The lowest BCUT2D eigenvalue weighted by Gasteiger charge is -1.98. The third-order valence-corrected chi connectivity index (χ3v) is 3.81. The van der Waals surface area contributed by atoms with Gasteiger partial charge < -0.3 is 0 Å². The maximum atomic E-state index is 11.3. The van der Waals surface area contributed by atoms with Crippen molar-refractivity contribution in [2.24, 2.45) is 0 Å². The van der Waals surface area contributed by atoms with E-state index in [1.54, 1.807) is 6.92 Å². The minimum absolute atomic E-state index is 0.0539. The largest absolute Gasteiger partial charge is 0.266 e. The number of aromatic nitrogens is 2. The highest BCUT2D eigenvalue weighted by Crippen LogP contribution is 2.28. The van der Waals surface area contributed by atoms with Gasteiger partial charge >= 0.3 is 0 Å². The first-order valence-electron chi connectivity index (χ1n) is 4.61. The molecule has 15 heavy (non-hydrogen) atoms. The molecule has 0 aliphatic carbocycles. The summed E-state index contributed by atoms with van der Waals surface area (Å²) in [5.41, 5.74) is 0.420. The van der Waals surface area contributed by atoms with Gasteiger partial charge in [-0.2, -0.15) is 5.10 Å². The maximum Gasteiger partial charge on any atom is 0.266 e. The smallest absolute Gasteiger partial charge is 0.252 e. The molecular formula is C8H12Cl2N2O2S. The van der Waals surface area contributed by atoms with Crippen molar-refractivity contribution in [3.8, 4) is 0 Å². The van der Waals surface area contributed by atoms with Gasteiger partial charge in [-0.1, -0.05) is 25.4 Å². The zero-order valence-electron chi connectivity index (χ0n) is 8.50. The van der Waals surface area contributed by atoms with Crippen LogP contribution in [0.5, 0.6) is 0 Å². The highest BCUT2D eigenvalue weighted by atomic mass is 35.7. The highest BCUT2D eigenvalue weighted by molar-refractivity contribution is 8.13. The van der Waals surface area contributed by atoms with E-state index in [0.717, 1.165) is 6.42 Å². The number of hydrogen-bond donors (Lipinski definition) is 0. The van der Waals surface area contributed by atoms with Gasteiger partial charge in [0.05, 0.1) is 5.69 Å². The Morgan fingerprint density at radius 3 is 2.33 bits per heavy atom. The van der Waals surface area contributed by atoms with Crippen LogP contribution in [0.3, 0.4) is 0 Å². The summed E-state index contributed by atoms with van der Waals surface area (Å²) in [5, 5.41) is 4.21. The molecule has 1 rings (SSSR count). The number of halogens is 2. The molecule has 0 unspecified atom stereocenters. The van der Waals surface area contributed by atoms with Crippen molar-refractivity contribution in [3.63, 3.8) is 0 Å². The number of aryl methyl sites for hydroxylation is 2. The fourth-order valence-electron chi connectivity index (χ4n) is 1.30. The molecule has 1 heterocycles. The second-order valence-electron chi connectivity index (χ2n) is 3.08. The van der Waals surface area contributed by atoms with E-state index >= 15 is 0 Å². The minimum Gasteiger partial charge on any atom is -0.252 e. The summed E-state index contributed by atoms with van der Waals surface area (Å²) < 4.78 is 24.0. The summed E-state index contributed by atoms with van der Waals surface area (Å²) in [7, 11) is 1.48. The molecule has 0 atom stereocenters. The first-order chi connectivity index (χ1) is 6.91. The van der Waals surface area contributed by atoms with Crippen molar-refractivity contribution < 1.29 is 8.42 Å². The Labute approximate surface area is 98.6 Å². The Morgan fingerprint density at radius 2 is 2.00 bits per heavy atom. The topological polar surface area (TPSA) is 52.0 Å². The third kappa shape index (κ3) is 2.65. The van der Waals surface area contributed by atoms with Gasteiger partial charge in [0.15, 0.2) is 0 Å². The van der Waals surface area contributed by atoms with Crippen molar-refractivity contribution in [2.75, 3.05) is 0 Å². The molecule has 7 heteroatoms. The normalized spacial score (nSPS) is 12.0. The van der Waals surface area contributed by atoms with Crippen molar-refractivity contribution in [3.05, 3.63) is 10.8 Å². The monoisotopic (exact) mass is 270 g/mol. The van der Waals surface area contributed by atoms with Gasteiger partial charge in [0.1, 0.15) is 10.0 Å². The van der Waals surface area contributed by atoms with Crippen LogP contribution >= 0.6 is 22.3 Å². The lowest BCUT2D eigenvalue weighted by Crippen LogP contribution is -1.99. The second kappa shape index (κ2) is 4.72. The van der Waals surface area contributed by atoms with E-state index in [1.165, 1.54) is 4.68 Å². The van der Waals surface area contributed by atoms with Crippen molar-refractivity contribution in [1.29, 1.82) is 0 Å². The Morgan fingerprint density at radius 1 is 1.40 bits per heavy atom. The molecule has 1 aromatic heterocycles. The Kier molecular flexibility index (Phi) is 4.03. The van der Waals surface area contributed by atoms with Crippen LogP contribution in [0.15, 0.2) is 4.90 Å². The van der Waals surface area contributed by atoms with Crippen LogP contribution < -0.4 is 0 Å². The van der Waals surface area contributed by atoms with Gasteiger partial charge in [0.2, 0.25) is 0 Å². The van der Waals surface area contributed by atoms with Crippen molar-refractivity contribution >= 4 is 31.3 Å². The molecule has 0 spiro atoms. The molecule has 0 bridgehead atoms. The molecule has 0 saturated carbocycles.